The van der Waals surface area contributed by atoms with E-state index in [2.05, 4.69) is 36.0 Å². The summed E-state index contributed by atoms with van der Waals surface area (Å²) in [6.45, 7) is 0.419. The zero-order chi connectivity index (χ0) is 22.8. The number of nitrogens with zero attached hydrogens (tertiary/aromatic N) is 4. The van der Waals surface area contributed by atoms with Crippen molar-refractivity contribution in [1.82, 2.24) is 25.4 Å². The monoisotopic (exact) mass is 446 g/mol. The molecule has 0 unspecified atom stereocenters. The Bertz CT molecular complexity index is 1300. The minimum absolute atomic E-state index is 0.123. The zero-order valence-corrected chi connectivity index (χ0v) is 17.8. The van der Waals surface area contributed by atoms with Crippen molar-refractivity contribution >= 4 is 28.4 Å². The molecule has 1 amide bonds. The quantitative estimate of drug-likeness (QED) is 0.343. The van der Waals surface area contributed by atoms with Gasteiger partial charge in [-0.1, -0.05) is 12.5 Å². The third-order valence-electron chi connectivity index (χ3n) is 6.15. The first-order valence-electron chi connectivity index (χ1n) is 10.7. The number of pyridine rings is 1. The van der Waals surface area contributed by atoms with Crippen LogP contribution in [0.15, 0.2) is 48.7 Å². The van der Waals surface area contributed by atoms with Gasteiger partial charge in [-0.05, 0) is 49.2 Å². The molecule has 1 aliphatic rings. The maximum atomic E-state index is 14.3. The molecule has 5 rings (SSSR count). The van der Waals surface area contributed by atoms with Crippen LogP contribution in [0.4, 0.5) is 16.0 Å². The molecule has 1 fully saturated rings. The number of carbonyl (C=O) groups is 1. The van der Waals surface area contributed by atoms with Gasteiger partial charge in [0, 0.05) is 29.1 Å². The molecule has 0 aliphatic heterocycles. The molecule has 0 spiro atoms. The number of nitrogens with one attached hydrogen (secondary N) is 3. The summed E-state index contributed by atoms with van der Waals surface area (Å²) < 4.78 is 14.3. The van der Waals surface area contributed by atoms with Crippen LogP contribution >= 0.6 is 0 Å². The number of benzene rings is 1. The highest BCUT2D eigenvalue weighted by atomic mass is 19.1. The molecule has 3 heterocycles. The highest BCUT2D eigenvalue weighted by Crippen LogP contribution is 2.43. The Morgan fingerprint density at radius 2 is 2.06 bits per heavy atom. The van der Waals surface area contributed by atoms with E-state index in [0.29, 0.717) is 29.6 Å². The number of hydrogen-bond acceptors (Lipinski definition) is 7. The number of carbonyl (C=O) groups excluding carboxylic acids is 1. The van der Waals surface area contributed by atoms with Crippen LogP contribution < -0.4 is 16.4 Å². The molecule has 10 heteroatoms. The number of rotatable bonds is 7. The van der Waals surface area contributed by atoms with Crippen LogP contribution in [0.3, 0.4) is 0 Å². The smallest absolute Gasteiger partial charge is 0.239 e. The van der Waals surface area contributed by atoms with E-state index in [1.165, 1.54) is 6.07 Å². The molecule has 1 saturated carbocycles. The Morgan fingerprint density at radius 3 is 2.76 bits per heavy atom. The maximum absolute atomic E-state index is 14.3. The van der Waals surface area contributed by atoms with Gasteiger partial charge in [-0.15, -0.1) is 10.2 Å². The first-order chi connectivity index (χ1) is 16.1. The summed E-state index contributed by atoms with van der Waals surface area (Å²) >= 11 is 0. The minimum Gasteiger partial charge on any atom is -0.368 e. The molecule has 5 N–H and O–H groups in total. The van der Waals surface area contributed by atoms with Crippen LogP contribution in [-0.4, -0.2) is 44.4 Å². The average molecular weight is 446 g/mol. The number of H-pyrrole nitrogens is 1. The lowest BCUT2D eigenvalue weighted by Gasteiger charge is -2.41. The Labute approximate surface area is 189 Å². The van der Waals surface area contributed by atoms with Crippen molar-refractivity contribution in [3.63, 3.8) is 0 Å². The van der Waals surface area contributed by atoms with E-state index in [1.807, 2.05) is 30.3 Å². The van der Waals surface area contributed by atoms with Gasteiger partial charge in [0.25, 0.3) is 0 Å². The van der Waals surface area contributed by atoms with E-state index < -0.39 is 0 Å². The first kappa shape index (κ1) is 21.0. The van der Waals surface area contributed by atoms with Gasteiger partial charge in [-0.3, -0.25) is 14.9 Å². The molecule has 33 heavy (non-hydrogen) atoms. The Morgan fingerprint density at radius 1 is 1.18 bits per heavy atom. The molecule has 0 radical (unpaired) electrons. The van der Waals surface area contributed by atoms with Crippen LogP contribution in [0, 0.1) is 5.82 Å². The normalized spacial score (nSPS) is 14.6. The fraction of sp³-hybridized carbons (Fsp3) is 0.261. The lowest BCUT2D eigenvalue weighted by Crippen LogP contribution is -2.42. The van der Waals surface area contributed by atoms with Crippen molar-refractivity contribution in [2.45, 2.75) is 24.7 Å². The van der Waals surface area contributed by atoms with Crippen molar-refractivity contribution in [1.29, 1.82) is 0 Å². The zero-order valence-electron chi connectivity index (χ0n) is 17.8. The van der Waals surface area contributed by atoms with E-state index >= 15 is 0 Å². The van der Waals surface area contributed by atoms with Crippen molar-refractivity contribution in [3.8, 4) is 11.3 Å². The number of fused-ring (bicyclic) bond motifs is 1. The molecular formula is C23H23FN8O. The molecule has 0 bridgehead atoms. The Hall–Kier alpha value is -3.92. The summed E-state index contributed by atoms with van der Waals surface area (Å²) in [5.74, 6) is 0.443. The molecule has 0 saturated heterocycles. The Balaban J connectivity index is 1.32. The second-order valence-electron chi connectivity index (χ2n) is 8.21. The van der Waals surface area contributed by atoms with Gasteiger partial charge in [-0.2, -0.15) is 5.10 Å². The van der Waals surface area contributed by atoms with Crippen LogP contribution in [0.25, 0.3) is 22.2 Å². The number of hydrogen-bond donors (Lipinski definition) is 4. The van der Waals surface area contributed by atoms with Crippen molar-refractivity contribution < 1.29 is 9.18 Å². The van der Waals surface area contributed by atoms with E-state index in [1.54, 1.807) is 12.3 Å². The van der Waals surface area contributed by atoms with Gasteiger partial charge in [0.1, 0.15) is 11.6 Å². The third kappa shape index (κ3) is 4.00. The Kier molecular flexibility index (Phi) is 5.43. The summed E-state index contributed by atoms with van der Waals surface area (Å²) in [4.78, 5) is 15.9. The van der Waals surface area contributed by atoms with Gasteiger partial charge in [-0.25, -0.2) is 4.39 Å². The average Bonchev–Trinajstić information content (AvgIpc) is 3.21. The summed E-state index contributed by atoms with van der Waals surface area (Å²) in [5, 5.41) is 22.4. The molecule has 168 valence electrons. The predicted octanol–water partition coefficient (Wildman–Crippen LogP) is 2.99. The van der Waals surface area contributed by atoms with Gasteiger partial charge in [0.2, 0.25) is 5.91 Å². The topological polar surface area (TPSA) is 134 Å². The predicted molar refractivity (Wildman–Crippen MR) is 123 cm³/mol. The minimum atomic E-state index is -0.321. The van der Waals surface area contributed by atoms with Gasteiger partial charge in [0.05, 0.1) is 23.4 Å². The molecule has 1 aliphatic carbocycles. The molecule has 9 nitrogen and oxygen atoms in total. The largest absolute Gasteiger partial charge is 0.368 e. The summed E-state index contributed by atoms with van der Waals surface area (Å²) in [6, 6.07) is 12.4. The fourth-order valence-electron chi connectivity index (χ4n) is 4.17. The van der Waals surface area contributed by atoms with Crippen molar-refractivity contribution in [2.75, 3.05) is 23.7 Å². The number of halogens is 1. The number of aromatic nitrogens is 5. The van der Waals surface area contributed by atoms with Crippen LogP contribution in [-0.2, 0) is 10.2 Å². The standard InChI is InChI=1S/C23H23FN8O/c24-16-3-1-10-26-21(16)23(8-2-9-23)13-27-19-7-6-17(29-31-19)14-4-5-18-15(11-14)22(32-30-18)28-20(33)12-25/h1,3-7,10-11H,2,8-9,12-13,25H2,(H,27,31)(H2,28,30,32,33). The second kappa shape index (κ2) is 8.55. The maximum Gasteiger partial charge on any atom is 0.239 e. The summed E-state index contributed by atoms with van der Waals surface area (Å²) in [6.07, 6.45) is 4.45. The van der Waals surface area contributed by atoms with Crippen molar-refractivity contribution in [3.05, 3.63) is 60.2 Å². The number of amides is 1. The first-order valence-corrected chi connectivity index (χ1v) is 10.7. The van der Waals surface area contributed by atoms with Gasteiger partial charge in [0.15, 0.2) is 5.82 Å². The second-order valence-corrected chi connectivity index (χ2v) is 8.21. The van der Waals surface area contributed by atoms with E-state index in [4.69, 9.17) is 5.73 Å². The SMILES string of the molecule is NCC(=O)Nc1n[nH]c2ccc(-c3ccc(NCC4(c5ncccc5F)CCC4)nn3)cc12. The number of anilines is 2. The molecule has 1 aromatic carbocycles. The van der Waals surface area contributed by atoms with Crippen molar-refractivity contribution in [2.24, 2.45) is 5.73 Å². The highest BCUT2D eigenvalue weighted by molar-refractivity contribution is 6.01. The fourth-order valence-corrected chi connectivity index (χ4v) is 4.17. The van der Waals surface area contributed by atoms with Crippen LogP contribution in [0.1, 0.15) is 25.0 Å². The lowest BCUT2D eigenvalue weighted by atomic mass is 9.66. The van der Waals surface area contributed by atoms with E-state index in [-0.39, 0.29) is 23.7 Å². The number of aromatic amines is 1. The molecule has 3 aromatic heterocycles. The molecule has 0 atom stereocenters. The third-order valence-corrected chi connectivity index (χ3v) is 6.15. The lowest BCUT2D eigenvalue weighted by molar-refractivity contribution is -0.114. The highest BCUT2D eigenvalue weighted by Gasteiger charge is 2.41. The molecular weight excluding hydrogens is 423 g/mol. The number of nitrogens with two attached hydrogens (primary N) is 1. The summed E-state index contributed by atoms with van der Waals surface area (Å²) in [5.41, 5.74) is 7.86. The van der Waals surface area contributed by atoms with Crippen LogP contribution in [0.2, 0.25) is 0 Å². The van der Waals surface area contributed by atoms with Gasteiger partial charge < -0.3 is 16.4 Å². The molecule has 4 aromatic rings. The van der Waals surface area contributed by atoms with E-state index in [0.717, 1.165) is 35.7 Å². The van der Waals surface area contributed by atoms with E-state index in [9.17, 15) is 9.18 Å². The van der Waals surface area contributed by atoms with Gasteiger partial charge >= 0.3 is 0 Å². The van der Waals surface area contributed by atoms with Crippen LogP contribution in [0.5, 0.6) is 0 Å². The summed E-state index contributed by atoms with van der Waals surface area (Å²) in [7, 11) is 0.